The van der Waals surface area contributed by atoms with Crippen molar-refractivity contribution in [2.75, 3.05) is 56.0 Å². The Balaban J connectivity index is 1.31. The zero-order valence-corrected chi connectivity index (χ0v) is 20.6. The van der Waals surface area contributed by atoms with Crippen LogP contribution < -0.4 is 19.9 Å². The lowest BCUT2D eigenvalue weighted by Crippen LogP contribution is -2.31. The van der Waals surface area contributed by atoms with Crippen LogP contribution in [0.5, 0.6) is 5.88 Å². The number of nitrogens with zero attached hydrogens (tertiary/aromatic N) is 6. The molecule has 2 atom stereocenters. The molecule has 2 aliphatic rings. The number of hydrogen-bond donors (Lipinski definition) is 2. The molecule has 0 amide bonds. The van der Waals surface area contributed by atoms with Crippen molar-refractivity contribution in [1.29, 1.82) is 0 Å². The van der Waals surface area contributed by atoms with E-state index in [2.05, 4.69) is 50.2 Å². The molecule has 2 aliphatic heterocycles. The molecule has 1 aromatic carbocycles. The van der Waals surface area contributed by atoms with Crippen molar-refractivity contribution < 1.29 is 9.84 Å². The Kier molecular flexibility index (Phi) is 6.70. The van der Waals surface area contributed by atoms with Gasteiger partial charge in [-0.15, -0.1) is 0 Å². The van der Waals surface area contributed by atoms with Crippen LogP contribution in [0.15, 0.2) is 48.9 Å². The number of aliphatic hydroxyl groups excluding tert-OH is 1. The minimum Gasteiger partial charge on any atom is -0.480 e. The highest BCUT2D eigenvalue weighted by atomic mass is 16.5. The second kappa shape index (κ2) is 10.1. The van der Waals surface area contributed by atoms with Crippen LogP contribution in [0.2, 0.25) is 0 Å². The van der Waals surface area contributed by atoms with E-state index in [0.717, 1.165) is 67.1 Å². The van der Waals surface area contributed by atoms with Crippen LogP contribution in [0.1, 0.15) is 19.3 Å². The molecular weight excluding hydrogens is 442 g/mol. The Labute approximate surface area is 206 Å². The molecule has 0 spiro atoms. The smallest absolute Gasteiger partial charge is 0.230 e. The van der Waals surface area contributed by atoms with Crippen LogP contribution in [0.4, 0.5) is 23.0 Å². The number of pyridine rings is 1. The summed E-state index contributed by atoms with van der Waals surface area (Å²) in [6, 6.07) is 10.7. The Morgan fingerprint density at radius 2 is 1.89 bits per heavy atom. The van der Waals surface area contributed by atoms with E-state index in [4.69, 9.17) is 4.74 Å². The van der Waals surface area contributed by atoms with Crippen molar-refractivity contribution in [2.45, 2.75) is 31.5 Å². The largest absolute Gasteiger partial charge is 0.480 e. The fraction of sp³-hybridized carbons (Fsp3) is 0.423. The van der Waals surface area contributed by atoms with Gasteiger partial charge in [0, 0.05) is 37.6 Å². The molecule has 5 rings (SSSR count). The number of benzene rings is 1. The average molecular weight is 476 g/mol. The van der Waals surface area contributed by atoms with Gasteiger partial charge in [0.1, 0.15) is 6.23 Å². The van der Waals surface area contributed by atoms with Crippen molar-refractivity contribution in [3.63, 3.8) is 0 Å². The Morgan fingerprint density at radius 1 is 1.06 bits per heavy atom. The molecule has 2 saturated heterocycles. The molecule has 0 aliphatic carbocycles. The van der Waals surface area contributed by atoms with Crippen LogP contribution in [-0.4, -0.2) is 78.1 Å². The fourth-order valence-corrected chi connectivity index (χ4v) is 4.86. The first-order chi connectivity index (χ1) is 17.0. The highest BCUT2D eigenvalue weighted by Gasteiger charge is 2.25. The number of aromatic nitrogens is 3. The molecule has 2 aromatic heterocycles. The van der Waals surface area contributed by atoms with Crippen molar-refractivity contribution >= 4 is 23.0 Å². The number of nitrogens with one attached hydrogen (secondary N) is 1. The third-order valence-electron chi connectivity index (χ3n) is 6.92. The summed E-state index contributed by atoms with van der Waals surface area (Å²) in [6.45, 7) is 2.88. The molecule has 3 aromatic rings. The zero-order valence-electron chi connectivity index (χ0n) is 20.6. The second-order valence-electron chi connectivity index (χ2n) is 9.39. The van der Waals surface area contributed by atoms with Crippen LogP contribution in [0.3, 0.4) is 0 Å². The standard InChI is InChI=1S/C26H33N7O2/c1-31(2)21-10-12-32(17-21)22-13-19(14-27-15-22)29-26-28-16-23(25(30-26)35-3)18-6-8-20(9-7-18)33-11-4-5-24(33)34/h6-9,13-16,21,24,34H,4-5,10-12,17H2,1-3H3,(H,28,29,30)/t21-,24?/m1/s1. The maximum absolute atomic E-state index is 10.1. The molecule has 2 N–H and O–H groups in total. The van der Waals surface area contributed by atoms with Crippen molar-refractivity contribution in [2.24, 2.45) is 0 Å². The molecule has 4 heterocycles. The molecule has 1 unspecified atom stereocenters. The number of aliphatic hydroxyl groups is 1. The van der Waals surface area contributed by atoms with Gasteiger partial charge in [0.25, 0.3) is 0 Å². The summed E-state index contributed by atoms with van der Waals surface area (Å²) < 4.78 is 5.59. The fourth-order valence-electron chi connectivity index (χ4n) is 4.86. The predicted molar refractivity (Wildman–Crippen MR) is 138 cm³/mol. The molecule has 9 heteroatoms. The van der Waals surface area contributed by atoms with Gasteiger partial charge < -0.3 is 29.9 Å². The van der Waals surface area contributed by atoms with Crippen molar-refractivity contribution in [1.82, 2.24) is 19.9 Å². The van der Waals surface area contributed by atoms with Gasteiger partial charge >= 0.3 is 0 Å². The lowest BCUT2D eigenvalue weighted by Gasteiger charge is -2.22. The summed E-state index contributed by atoms with van der Waals surface area (Å²) in [4.78, 5) is 20.2. The molecule has 0 saturated carbocycles. The first kappa shape index (κ1) is 23.3. The zero-order chi connectivity index (χ0) is 24.4. The molecular formula is C26H33N7O2. The molecule has 0 radical (unpaired) electrons. The molecule has 2 fully saturated rings. The SMILES string of the molecule is COc1nc(Nc2cncc(N3CC[C@@H](N(C)C)C3)c2)ncc1-c1ccc(N2CCCC2O)cc1. The average Bonchev–Trinajstić information content (AvgIpc) is 3.54. The molecule has 0 bridgehead atoms. The number of rotatable bonds is 7. The van der Waals surface area contributed by atoms with E-state index in [-0.39, 0.29) is 0 Å². The van der Waals surface area contributed by atoms with E-state index >= 15 is 0 Å². The van der Waals surface area contributed by atoms with E-state index in [0.29, 0.717) is 17.9 Å². The van der Waals surface area contributed by atoms with E-state index in [1.807, 2.05) is 35.4 Å². The van der Waals surface area contributed by atoms with Crippen LogP contribution in [0, 0.1) is 0 Å². The predicted octanol–water partition coefficient (Wildman–Crippen LogP) is 3.35. The van der Waals surface area contributed by atoms with Crippen molar-refractivity contribution in [3.8, 4) is 17.0 Å². The first-order valence-electron chi connectivity index (χ1n) is 12.1. The van der Waals surface area contributed by atoms with Crippen LogP contribution in [0.25, 0.3) is 11.1 Å². The maximum Gasteiger partial charge on any atom is 0.230 e. The Hall–Kier alpha value is -3.43. The minimum absolute atomic E-state index is 0.406. The van der Waals surface area contributed by atoms with Gasteiger partial charge in [-0.3, -0.25) is 4.98 Å². The molecule has 9 nitrogen and oxygen atoms in total. The summed E-state index contributed by atoms with van der Waals surface area (Å²) in [6.07, 6.45) is 8.00. The highest BCUT2D eigenvalue weighted by Crippen LogP contribution is 2.32. The number of ether oxygens (including phenoxy) is 1. The summed E-state index contributed by atoms with van der Waals surface area (Å²) in [5.41, 5.74) is 4.70. The van der Waals surface area contributed by atoms with Gasteiger partial charge in [-0.05, 0) is 57.1 Å². The summed E-state index contributed by atoms with van der Waals surface area (Å²) in [5.74, 6) is 0.947. The van der Waals surface area contributed by atoms with E-state index in [1.165, 1.54) is 0 Å². The van der Waals surface area contributed by atoms with E-state index in [9.17, 15) is 5.11 Å². The van der Waals surface area contributed by atoms with Crippen LogP contribution in [-0.2, 0) is 0 Å². The summed E-state index contributed by atoms with van der Waals surface area (Å²) >= 11 is 0. The monoisotopic (exact) mass is 475 g/mol. The van der Waals surface area contributed by atoms with E-state index in [1.54, 1.807) is 19.5 Å². The van der Waals surface area contributed by atoms with Gasteiger partial charge in [-0.25, -0.2) is 4.98 Å². The van der Waals surface area contributed by atoms with Gasteiger partial charge in [0.15, 0.2) is 0 Å². The molecule has 184 valence electrons. The van der Waals surface area contributed by atoms with E-state index < -0.39 is 6.23 Å². The molecule has 35 heavy (non-hydrogen) atoms. The third kappa shape index (κ3) is 5.01. The summed E-state index contributed by atoms with van der Waals surface area (Å²) in [7, 11) is 5.87. The number of anilines is 4. The van der Waals surface area contributed by atoms with Crippen molar-refractivity contribution in [3.05, 3.63) is 48.9 Å². The Morgan fingerprint density at radius 3 is 2.57 bits per heavy atom. The second-order valence-corrected chi connectivity index (χ2v) is 9.39. The quantitative estimate of drug-likeness (QED) is 0.534. The Bertz CT molecular complexity index is 1150. The lowest BCUT2D eigenvalue weighted by atomic mass is 10.1. The van der Waals surface area contributed by atoms with Gasteiger partial charge in [-0.2, -0.15) is 4.98 Å². The number of hydrogen-bond acceptors (Lipinski definition) is 9. The topological polar surface area (TPSA) is 89.9 Å². The lowest BCUT2D eigenvalue weighted by molar-refractivity contribution is 0.186. The summed E-state index contributed by atoms with van der Waals surface area (Å²) in [5, 5.41) is 13.4. The minimum atomic E-state index is -0.406. The number of methoxy groups -OCH3 is 1. The highest BCUT2D eigenvalue weighted by molar-refractivity contribution is 5.71. The maximum atomic E-state index is 10.1. The van der Waals surface area contributed by atoms with Gasteiger partial charge in [0.05, 0.1) is 36.4 Å². The first-order valence-corrected chi connectivity index (χ1v) is 12.1. The number of likely N-dealkylation sites (N-methyl/N-ethyl adjacent to an activating group) is 1. The normalized spacial score (nSPS) is 20.0. The van der Waals surface area contributed by atoms with Gasteiger partial charge in [0.2, 0.25) is 11.8 Å². The third-order valence-corrected chi connectivity index (χ3v) is 6.92. The van der Waals surface area contributed by atoms with Gasteiger partial charge in [-0.1, -0.05) is 12.1 Å². The van der Waals surface area contributed by atoms with Crippen LogP contribution >= 0.6 is 0 Å².